The maximum Gasteiger partial charge on any atom is 0.241 e. The summed E-state index contributed by atoms with van der Waals surface area (Å²) in [5, 5.41) is 0. The monoisotopic (exact) mass is 373 g/mol. The molecule has 8 heteroatoms. The van der Waals surface area contributed by atoms with Gasteiger partial charge in [0.2, 0.25) is 15.9 Å². The Morgan fingerprint density at radius 3 is 2.76 bits per heavy atom. The molecule has 1 heterocycles. The molecule has 0 atom stereocenters. The van der Waals surface area contributed by atoms with Gasteiger partial charge < -0.3 is 10.2 Å². The first-order valence-electron chi connectivity index (χ1n) is 6.32. The minimum absolute atomic E-state index is 0.00224. The van der Waals surface area contributed by atoms with E-state index in [1.807, 2.05) is 6.92 Å². The summed E-state index contributed by atoms with van der Waals surface area (Å²) in [5.74, 6) is 1.05. The van der Waals surface area contributed by atoms with Crippen LogP contribution in [0.15, 0.2) is 32.1 Å². The van der Waals surface area contributed by atoms with Gasteiger partial charge in [-0.25, -0.2) is 18.1 Å². The lowest BCUT2D eigenvalue weighted by Crippen LogP contribution is -2.24. The second-order valence-corrected chi connectivity index (χ2v) is 7.13. The normalized spacial score (nSPS) is 11.8. The van der Waals surface area contributed by atoms with Crippen LogP contribution in [0.5, 0.6) is 0 Å². The quantitative estimate of drug-likeness (QED) is 0.783. The number of aromatic nitrogens is 1. The van der Waals surface area contributed by atoms with E-state index in [-0.39, 0.29) is 11.4 Å². The molecule has 6 nitrogen and oxygen atoms in total. The highest BCUT2D eigenvalue weighted by Gasteiger charge is 2.19. The first-order valence-corrected chi connectivity index (χ1v) is 8.60. The Morgan fingerprint density at radius 1 is 1.43 bits per heavy atom. The van der Waals surface area contributed by atoms with Gasteiger partial charge in [-0.3, -0.25) is 0 Å². The third-order valence-corrected chi connectivity index (χ3v) is 5.18. The van der Waals surface area contributed by atoms with Crippen molar-refractivity contribution in [2.24, 2.45) is 0 Å². The van der Waals surface area contributed by atoms with Gasteiger partial charge in [0.15, 0.2) is 0 Å². The Hall–Kier alpha value is -1.38. The van der Waals surface area contributed by atoms with Crippen molar-refractivity contribution in [2.45, 2.75) is 31.7 Å². The topological polar surface area (TPSA) is 98.2 Å². The standard InChI is InChI=1S/C13H16BrN3O3S/c1-3-9-6-16-13(20-9)7-17-21(18,19)12-5-11(15)10(14)4-8(12)2/h4-6,17H,3,7,15H2,1-2H3. The molecule has 2 rings (SSSR count). The Morgan fingerprint density at radius 2 is 2.14 bits per heavy atom. The SMILES string of the molecule is CCc1cnc(CNS(=O)(=O)c2cc(N)c(Br)cc2C)o1. The Balaban J connectivity index is 2.20. The average Bonchev–Trinajstić information content (AvgIpc) is 2.88. The molecule has 1 aromatic carbocycles. The fraction of sp³-hybridized carbons (Fsp3) is 0.308. The average molecular weight is 374 g/mol. The number of hydrogen-bond acceptors (Lipinski definition) is 5. The van der Waals surface area contributed by atoms with Crippen LogP contribution in [0, 0.1) is 6.92 Å². The van der Waals surface area contributed by atoms with Gasteiger partial charge in [0.25, 0.3) is 0 Å². The smallest absolute Gasteiger partial charge is 0.241 e. The third-order valence-electron chi connectivity index (χ3n) is 2.95. The number of benzene rings is 1. The van der Waals surface area contributed by atoms with Crippen LogP contribution in [-0.2, 0) is 23.0 Å². The van der Waals surface area contributed by atoms with E-state index in [1.165, 1.54) is 6.07 Å². The summed E-state index contributed by atoms with van der Waals surface area (Å²) in [7, 11) is -3.68. The molecule has 21 heavy (non-hydrogen) atoms. The largest absolute Gasteiger partial charge is 0.444 e. The summed E-state index contributed by atoms with van der Waals surface area (Å²) in [6.07, 6.45) is 2.30. The van der Waals surface area contributed by atoms with E-state index in [1.54, 1.807) is 19.2 Å². The van der Waals surface area contributed by atoms with Crippen LogP contribution in [-0.4, -0.2) is 13.4 Å². The van der Waals surface area contributed by atoms with E-state index in [0.717, 1.165) is 0 Å². The maximum absolute atomic E-state index is 12.3. The zero-order chi connectivity index (χ0) is 15.6. The molecule has 1 aromatic heterocycles. The lowest BCUT2D eigenvalue weighted by atomic mass is 10.2. The summed E-state index contributed by atoms with van der Waals surface area (Å²) >= 11 is 3.27. The number of sulfonamides is 1. The molecular formula is C13H16BrN3O3S. The van der Waals surface area contributed by atoms with Gasteiger partial charge in [0, 0.05) is 16.6 Å². The first-order chi connectivity index (χ1) is 9.83. The lowest BCUT2D eigenvalue weighted by Gasteiger charge is -2.10. The van der Waals surface area contributed by atoms with Gasteiger partial charge in [0.1, 0.15) is 5.76 Å². The zero-order valence-corrected chi connectivity index (χ0v) is 14.1. The maximum atomic E-state index is 12.3. The fourth-order valence-corrected chi connectivity index (χ4v) is 3.48. The second-order valence-electron chi connectivity index (χ2n) is 4.54. The van der Waals surface area contributed by atoms with E-state index in [2.05, 4.69) is 25.6 Å². The Bertz CT molecular complexity index is 756. The van der Waals surface area contributed by atoms with Gasteiger partial charge in [-0.05, 0) is 40.5 Å². The van der Waals surface area contributed by atoms with Crippen molar-refractivity contribution < 1.29 is 12.8 Å². The molecule has 0 aliphatic carbocycles. The van der Waals surface area contributed by atoms with E-state index in [9.17, 15) is 8.42 Å². The highest BCUT2D eigenvalue weighted by atomic mass is 79.9. The minimum atomic E-state index is -3.68. The first kappa shape index (κ1) is 16.0. The number of halogens is 1. The van der Waals surface area contributed by atoms with Gasteiger partial charge in [-0.15, -0.1) is 0 Å². The minimum Gasteiger partial charge on any atom is -0.444 e. The Labute approximate surface area is 131 Å². The highest BCUT2D eigenvalue weighted by Crippen LogP contribution is 2.26. The molecule has 0 aliphatic rings. The highest BCUT2D eigenvalue weighted by molar-refractivity contribution is 9.10. The number of nitrogens with zero attached hydrogens (tertiary/aromatic N) is 1. The van der Waals surface area contributed by atoms with Crippen LogP contribution in [0.2, 0.25) is 0 Å². The van der Waals surface area contributed by atoms with Crippen LogP contribution in [0.3, 0.4) is 0 Å². The van der Waals surface area contributed by atoms with E-state index in [0.29, 0.717) is 33.8 Å². The molecule has 2 aromatic rings. The Kier molecular flexibility index (Phi) is 4.70. The summed E-state index contributed by atoms with van der Waals surface area (Å²) in [5.41, 5.74) is 6.71. The third kappa shape index (κ3) is 3.63. The molecular weight excluding hydrogens is 358 g/mol. The molecule has 0 spiro atoms. The number of nitrogens with two attached hydrogens (primary N) is 1. The van der Waals surface area contributed by atoms with Crippen LogP contribution in [0.25, 0.3) is 0 Å². The fourth-order valence-electron chi connectivity index (χ4n) is 1.79. The van der Waals surface area contributed by atoms with E-state index < -0.39 is 10.0 Å². The number of aryl methyl sites for hydroxylation is 2. The zero-order valence-electron chi connectivity index (χ0n) is 11.7. The van der Waals surface area contributed by atoms with Crippen LogP contribution >= 0.6 is 15.9 Å². The molecule has 0 unspecified atom stereocenters. The predicted octanol–water partition coefficient (Wildman–Crippen LogP) is 2.37. The number of oxazole rings is 1. The molecule has 0 radical (unpaired) electrons. The van der Waals surface area contributed by atoms with Gasteiger partial charge in [0.05, 0.1) is 17.6 Å². The van der Waals surface area contributed by atoms with Crippen molar-refractivity contribution in [3.05, 3.63) is 40.0 Å². The van der Waals surface area contributed by atoms with Crippen molar-refractivity contribution >= 4 is 31.6 Å². The number of rotatable bonds is 5. The predicted molar refractivity (Wildman–Crippen MR) is 83.2 cm³/mol. The molecule has 0 amide bonds. The van der Waals surface area contributed by atoms with Crippen LogP contribution < -0.4 is 10.5 Å². The second kappa shape index (κ2) is 6.17. The summed E-state index contributed by atoms with van der Waals surface area (Å²) in [6.45, 7) is 3.64. The van der Waals surface area contributed by atoms with E-state index in [4.69, 9.17) is 10.2 Å². The molecule has 3 N–H and O–H groups in total. The number of nitrogen functional groups attached to an aromatic ring is 1. The molecule has 0 saturated carbocycles. The molecule has 0 bridgehead atoms. The summed E-state index contributed by atoms with van der Waals surface area (Å²) in [4.78, 5) is 4.16. The van der Waals surface area contributed by atoms with Gasteiger partial charge in [-0.2, -0.15) is 0 Å². The molecule has 0 fully saturated rings. The van der Waals surface area contributed by atoms with Crippen LogP contribution in [0.4, 0.5) is 5.69 Å². The molecule has 0 aliphatic heterocycles. The molecule has 114 valence electrons. The summed E-state index contributed by atoms with van der Waals surface area (Å²) < 4.78 is 33.1. The number of hydrogen-bond donors (Lipinski definition) is 2. The number of nitrogens with one attached hydrogen (secondary N) is 1. The van der Waals surface area contributed by atoms with Crippen molar-refractivity contribution in [3.8, 4) is 0 Å². The van der Waals surface area contributed by atoms with Crippen molar-refractivity contribution in [1.29, 1.82) is 0 Å². The van der Waals surface area contributed by atoms with Gasteiger partial charge >= 0.3 is 0 Å². The number of anilines is 1. The van der Waals surface area contributed by atoms with Crippen molar-refractivity contribution in [1.82, 2.24) is 9.71 Å². The van der Waals surface area contributed by atoms with Crippen molar-refractivity contribution in [2.75, 3.05) is 5.73 Å². The molecule has 0 saturated heterocycles. The van der Waals surface area contributed by atoms with Gasteiger partial charge in [-0.1, -0.05) is 6.92 Å². The van der Waals surface area contributed by atoms with Crippen molar-refractivity contribution in [3.63, 3.8) is 0 Å². The van der Waals surface area contributed by atoms with E-state index >= 15 is 0 Å². The lowest BCUT2D eigenvalue weighted by molar-refractivity contribution is 0.452. The summed E-state index contributed by atoms with van der Waals surface area (Å²) in [6, 6.07) is 3.10. The van der Waals surface area contributed by atoms with Crippen LogP contribution in [0.1, 0.15) is 24.1 Å².